The van der Waals surface area contributed by atoms with E-state index in [1.165, 1.54) is 19.5 Å². The van der Waals surface area contributed by atoms with E-state index in [0.717, 1.165) is 18.2 Å². The summed E-state index contributed by atoms with van der Waals surface area (Å²) in [5.41, 5.74) is 5.45. The molecule has 4 nitrogen and oxygen atoms in total. The molecular weight excluding hydrogens is 166 g/mol. The summed E-state index contributed by atoms with van der Waals surface area (Å²) in [6.45, 7) is 3.61. The Morgan fingerprint density at radius 3 is 3.00 bits per heavy atom. The first-order chi connectivity index (χ1) is 6.33. The van der Waals surface area contributed by atoms with Crippen molar-refractivity contribution < 1.29 is 4.42 Å². The van der Waals surface area contributed by atoms with Crippen LogP contribution in [0.3, 0.4) is 0 Å². The molecule has 3 unspecified atom stereocenters. The quantitative estimate of drug-likeness (QED) is 0.688. The first-order valence-electron chi connectivity index (χ1n) is 4.76. The maximum atomic E-state index is 5.45. The molecule has 2 bridgehead atoms. The molecule has 2 aliphatic rings. The Balaban J connectivity index is 1.87. The van der Waals surface area contributed by atoms with Gasteiger partial charge < -0.3 is 15.1 Å². The van der Waals surface area contributed by atoms with Gasteiger partial charge in [-0.2, -0.15) is 0 Å². The molecule has 1 aromatic heterocycles. The van der Waals surface area contributed by atoms with E-state index in [0.29, 0.717) is 11.9 Å². The molecule has 0 aliphatic carbocycles. The van der Waals surface area contributed by atoms with E-state index in [9.17, 15) is 0 Å². The zero-order chi connectivity index (χ0) is 8.84. The lowest BCUT2D eigenvalue weighted by atomic mass is 9.91. The first-order valence-corrected chi connectivity index (χ1v) is 4.76. The molecule has 3 atom stereocenters. The Labute approximate surface area is 76.7 Å². The maximum Gasteiger partial charge on any atom is 0.292 e. The second-order valence-electron chi connectivity index (χ2n) is 4.02. The molecule has 2 aliphatic heterocycles. The van der Waals surface area contributed by atoms with Gasteiger partial charge in [0, 0.05) is 19.0 Å². The SMILES string of the molecule is Nc1ncc(C2CN3CCC2C3)o1. The van der Waals surface area contributed by atoms with Crippen LogP contribution in [-0.2, 0) is 0 Å². The van der Waals surface area contributed by atoms with Crippen molar-refractivity contribution in [1.29, 1.82) is 0 Å². The van der Waals surface area contributed by atoms with Crippen LogP contribution in [0.2, 0.25) is 0 Å². The van der Waals surface area contributed by atoms with Crippen molar-refractivity contribution in [3.63, 3.8) is 0 Å². The summed E-state index contributed by atoms with van der Waals surface area (Å²) in [4.78, 5) is 6.42. The minimum atomic E-state index is 0.299. The molecule has 3 heterocycles. The number of nitrogen functional groups attached to an aromatic ring is 1. The Bertz CT molecular complexity index is 322. The average Bonchev–Trinajstić information content (AvgIpc) is 2.77. The van der Waals surface area contributed by atoms with Gasteiger partial charge in [-0.15, -0.1) is 0 Å². The van der Waals surface area contributed by atoms with Crippen LogP contribution in [0, 0.1) is 5.92 Å². The van der Waals surface area contributed by atoms with Crippen LogP contribution in [0.5, 0.6) is 0 Å². The number of rotatable bonds is 1. The van der Waals surface area contributed by atoms with E-state index < -0.39 is 0 Å². The van der Waals surface area contributed by atoms with Crippen LogP contribution in [-0.4, -0.2) is 29.5 Å². The minimum absolute atomic E-state index is 0.299. The molecule has 2 N–H and O–H groups in total. The third kappa shape index (κ3) is 1.05. The summed E-state index contributed by atoms with van der Waals surface area (Å²) in [6.07, 6.45) is 3.08. The number of nitrogens with zero attached hydrogens (tertiary/aromatic N) is 2. The molecule has 0 amide bonds. The topological polar surface area (TPSA) is 55.3 Å². The number of anilines is 1. The number of hydrogen-bond donors (Lipinski definition) is 1. The molecule has 13 heavy (non-hydrogen) atoms. The highest BCUT2D eigenvalue weighted by Gasteiger charge is 2.40. The number of nitrogens with two attached hydrogens (primary N) is 1. The number of piperidine rings is 1. The summed E-state index contributed by atoms with van der Waals surface area (Å²) in [7, 11) is 0. The molecule has 0 spiro atoms. The van der Waals surface area contributed by atoms with Gasteiger partial charge in [-0.25, -0.2) is 4.98 Å². The smallest absolute Gasteiger partial charge is 0.292 e. The number of aromatic nitrogens is 1. The zero-order valence-corrected chi connectivity index (χ0v) is 7.44. The third-order valence-electron chi connectivity index (χ3n) is 3.24. The third-order valence-corrected chi connectivity index (χ3v) is 3.24. The van der Waals surface area contributed by atoms with Gasteiger partial charge in [0.25, 0.3) is 6.01 Å². The molecule has 1 aromatic rings. The summed E-state index contributed by atoms with van der Waals surface area (Å²) in [5, 5.41) is 0. The van der Waals surface area contributed by atoms with Gasteiger partial charge in [0.05, 0.1) is 6.20 Å². The molecule has 4 heteroatoms. The predicted octanol–water partition coefficient (Wildman–Crippen LogP) is 0.676. The fourth-order valence-electron chi connectivity index (χ4n) is 2.58. The van der Waals surface area contributed by atoms with Crippen LogP contribution < -0.4 is 5.73 Å². The lowest BCUT2D eigenvalue weighted by Gasteiger charge is -2.19. The van der Waals surface area contributed by atoms with Gasteiger partial charge in [0.1, 0.15) is 5.76 Å². The Kier molecular flexibility index (Phi) is 1.41. The molecule has 0 aromatic carbocycles. The molecule has 70 valence electrons. The number of fused-ring (bicyclic) bond motifs is 2. The molecule has 2 saturated heterocycles. The Morgan fingerprint density at radius 1 is 1.54 bits per heavy atom. The van der Waals surface area contributed by atoms with Crippen molar-refractivity contribution in [2.24, 2.45) is 5.92 Å². The maximum absolute atomic E-state index is 5.45. The van der Waals surface area contributed by atoms with Gasteiger partial charge in [-0.3, -0.25) is 0 Å². The highest BCUT2D eigenvalue weighted by molar-refractivity contribution is 5.17. The van der Waals surface area contributed by atoms with Crippen LogP contribution in [0.1, 0.15) is 18.1 Å². The van der Waals surface area contributed by atoms with Gasteiger partial charge in [-0.1, -0.05) is 0 Å². The fourth-order valence-corrected chi connectivity index (χ4v) is 2.58. The Morgan fingerprint density at radius 2 is 2.46 bits per heavy atom. The summed E-state index contributed by atoms with van der Waals surface area (Å²) < 4.78 is 5.36. The van der Waals surface area contributed by atoms with E-state index in [2.05, 4.69) is 9.88 Å². The molecule has 0 radical (unpaired) electrons. The van der Waals surface area contributed by atoms with E-state index in [1.54, 1.807) is 6.20 Å². The van der Waals surface area contributed by atoms with Gasteiger partial charge >= 0.3 is 0 Å². The Hall–Kier alpha value is -1.03. The van der Waals surface area contributed by atoms with Crippen LogP contribution in [0.25, 0.3) is 0 Å². The summed E-state index contributed by atoms with van der Waals surface area (Å²) in [6, 6.07) is 0.299. The van der Waals surface area contributed by atoms with Crippen molar-refractivity contribution in [3.05, 3.63) is 12.0 Å². The lowest BCUT2D eigenvalue weighted by Crippen LogP contribution is -2.21. The summed E-state index contributed by atoms with van der Waals surface area (Å²) in [5.74, 6) is 2.29. The van der Waals surface area contributed by atoms with Gasteiger partial charge in [0.2, 0.25) is 0 Å². The highest BCUT2D eigenvalue weighted by Crippen LogP contribution is 2.39. The number of oxazole rings is 1. The van der Waals surface area contributed by atoms with Crippen LogP contribution in [0.15, 0.2) is 10.6 Å². The highest BCUT2D eigenvalue weighted by atomic mass is 16.4. The van der Waals surface area contributed by atoms with Crippen LogP contribution in [0.4, 0.5) is 6.01 Å². The zero-order valence-electron chi connectivity index (χ0n) is 7.44. The van der Waals surface area contributed by atoms with Crippen LogP contribution >= 0.6 is 0 Å². The average molecular weight is 179 g/mol. The largest absolute Gasteiger partial charge is 0.429 e. The van der Waals surface area contributed by atoms with Crippen molar-refractivity contribution in [3.8, 4) is 0 Å². The number of hydrogen-bond acceptors (Lipinski definition) is 4. The molecule has 3 rings (SSSR count). The normalized spacial score (nSPS) is 37.1. The van der Waals surface area contributed by atoms with E-state index >= 15 is 0 Å². The minimum Gasteiger partial charge on any atom is -0.429 e. The standard InChI is InChI=1S/C9H13N3O/c10-9-11-3-8(13-9)7-5-12-2-1-6(7)4-12/h3,6-7H,1-2,4-5H2,(H2,10,11). The lowest BCUT2D eigenvalue weighted by molar-refractivity contribution is 0.323. The van der Waals surface area contributed by atoms with Gasteiger partial charge in [-0.05, 0) is 18.9 Å². The van der Waals surface area contributed by atoms with Crippen molar-refractivity contribution in [2.45, 2.75) is 12.3 Å². The van der Waals surface area contributed by atoms with E-state index in [4.69, 9.17) is 10.2 Å². The summed E-state index contributed by atoms with van der Waals surface area (Å²) >= 11 is 0. The monoisotopic (exact) mass is 179 g/mol. The van der Waals surface area contributed by atoms with Crippen molar-refractivity contribution in [2.75, 3.05) is 25.4 Å². The van der Waals surface area contributed by atoms with E-state index in [-0.39, 0.29) is 0 Å². The second-order valence-corrected chi connectivity index (χ2v) is 4.02. The van der Waals surface area contributed by atoms with Crippen molar-refractivity contribution >= 4 is 6.01 Å². The molecule has 0 saturated carbocycles. The van der Waals surface area contributed by atoms with Crippen molar-refractivity contribution in [1.82, 2.24) is 9.88 Å². The molecular formula is C9H13N3O. The second kappa shape index (κ2) is 2.48. The first kappa shape index (κ1) is 7.38. The van der Waals surface area contributed by atoms with E-state index in [1.807, 2.05) is 0 Å². The fraction of sp³-hybridized carbons (Fsp3) is 0.667. The van der Waals surface area contributed by atoms with Gasteiger partial charge in [0.15, 0.2) is 0 Å². The molecule has 2 fully saturated rings. The predicted molar refractivity (Wildman–Crippen MR) is 48.2 cm³/mol.